The van der Waals surface area contributed by atoms with Crippen molar-refractivity contribution in [3.05, 3.63) is 10.2 Å². The van der Waals surface area contributed by atoms with E-state index in [-0.39, 0.29) is 12.3 Å². The van der Waals surface area contributed by atoms with Crippen LogP contribution in [0, 0.1) is 5.21 Å². The normalized spacial score (nSPS) is 33.5. The molecule has 0 radical (unpaired) electrons. The van der Waals surface area contributed by atoms with Gasteiger partial charge in [-0.3, -0.25) is 9.96 Å². The third-order valence-corrected chi connectivity index (χ3v) is 7.18. The highest BCUT2D eigenvalue weighted by Gasteiger charge is 2.44. The average molecular weight is 402 g/mol. The molecule has 1 aromatic rings. The minimum atomic E-state index is -0.464. The van der Waals surface area contributed by atoms with Crippen molar-refractivity contribution < 1.29 is 4.74 Å². The molecule has 9 heteroatoms. The van der Waals surface area contributed by atoms with Gasteiger partial charge in [-0.2, -0.15) is 0 Å². The quantitative estimate of drug-likeness (QED) is 0.430. The zero-order valence-electron chi connectivity index (χ0n) is 15.1. The second-order valence-corrected chi connectivity index (χ2v) is 9.03. The number of rotatable bonds is 7. The first-order valence-corrected chi connectivity index (χ1v) is 11.1. The highest BCUT2D eigenvalue weighted by atomic mass is 35.5. The van der Waals surface area contributed by atoms with Crippen LogP contribution in [0.25, 0.3) is 0 Å². The molecular weight excluding hydrogens is 374 g/mol. The smallest absolute Gasteiger partial charge is 0.309 e. The first-order valence-electron chi connectivity index (χ1n) is 9.75. The van der Waals surface area contributed by atoms with Crippen molar-refractivity contribution in [2.24, 2.45) is 0 Å². The number of aromatic nitrogens is 2. The Hall–Kier alpha value is -0.350. The Kier molecular flexibility index (Phi) is 6.09. The van der Waals surface area contributed by atoms with Gasteiger partial charge in [-0.1, -0.05) is 17.9 Å². The molecule has 146 valence electrons. The van der Waals surface area contributed by atoms with Crippen LogP contribution in [0.2, 0.25) is 0 Å². The van der Waals surface area contributed by atoms with Crippen molar-refractivity contribution in [2.45, 2.75) is 56.7 Å². The summed E-state index contributed by atoms with van der Waals surface area (Å²) < 4.78 is 5.24. The third-order valence-electron chi connectivity index (χ3n) is 5.81. The Morgan fingerprint density at radius 2 is 2.12 bits per heavy atom. The van der Waals surface area contributed by atoms with Crippen LogP contribution in [0.4, 0.5) is 5.13 Å². The van der Waals surface area contributed by atoms with Gasteiger partial charge in [-0.05, 0) is 37.0 Å². The Balaban J connectivity index is 1.49. The molecule has 2 aliphatic heterocycles. The molecule has 0 bridgehead atoms. The highest BCUT2D eigenvalue weighted by molar-refractivity contribution is 7.15. The van der Waals surface area contributed by atoms with E-state index in [0.717, 1.165) is 37.5 Å². The number of hydroxylamine groups is 2. The largest absolute Gasteiger partial charge is 0.623 e. The van der Waals surface area contributed by atoms with Gasteiger partial charge >= 0.3 is 5.13 Å². The van der Waals surface area contributed by atoms with Crippen LogP contribution in [0.1, 0.15) is 49.5 Å². The summed E-state index contributed by atoms with van der Waals surface area (Å²) in [6, 6.07) is 0. The first-order chi connectivity index (χ1) is 12.7. The van der Waals surface area contributed by atoms with Crippen molar-refractivity contribution in [1.82, 2.24) is 25.1 Å². The zero-order chi connectivity index (χ0) is 18.0. The maximum Gasteiger partial charge on any atom is 0.309 e. The fourth-order valence-electron chi connectivity index (χ4n) is 4.31. The van der Waals surface area contributed by atoms with Gasteiger partial charge < -0.3 is 9.94 Å². The van der Waals surface area contributed by atoms with Gasteiger partial charge in [0.25, 0.3) is 0 Å². The lowest BCUT2D eigenvalue weighted by Crippen LogP contribution is -2.57. The molecule has 0 spiro atoms. The van der Waals surface area contributed by atoms with Crippen molar-refractivity contribution in [1.29, 1.82) is 0 Å². The number of hydrogen-bond acceptors (Lipinski definition) is 7. The summed E-state index contributed by atoms with van der Waals surface area (Å²) in [5.41, 5.74) is 0. The van der Waals surface area contributed by atoms with Crippen LogP contribution in [0.3, 0.4) is 0 Å². The van der Waals surface area contributed by atoms with Crippen LogP contribution in [-0.4, -0.2) is 66.2 Å². The molecule has 3 heterocycles. The maximum absolute atomic E-state index is 13.8. The summed E-state index contributed by atoms with van der Waals surface area (Å²) in [5, 5.41) is 27.6. The predicted octanol–water partition coefficient (Wildman–Crippen LogP) is 2.61. The van der Waals surface area contributed by atoms with Crippen LogP contribution in [0.15, 0.2) is 0 Å². The van der Waals surface area contributed by atoms with Crippen molar-refractivity contribution in [2.75, 3.05) is 38.8 Å². The van der Waals surface area contributed by atoms with E-state index in [1.165, 1.54) is 37.0 Å². The number of hydrogen-bond donors (Lipinski definition) is 1. The van der Waals surface area contributed by atoms with Gasteiger partial charge in [-0.25, -0.2) is 4.90 Å². The molecule has 1 N–H and O–H groups in total. The lowest BCUT2D eigenvalue weighted by Gasteiger charge is -2.40. The minimum Gasteiger partial charge on any atom is -0.623 e. The van der Waals surface area contributed by atoms with Crippen molar-refractivity contribution in [3.8, 4) is 0 Å². The zero-order valence-corrected chi connectivity index (χ0v) is 16.7. The van der Waals surface area contributed by atoms with E-state index in [1.807, 2.05) is 0 Å². The van der Waals surface area contributed by atoms with Gasteiger partial charge in [0.15, 0.2) is 6.17 Å². The number of halogens is 1. The Labute approximate surface area is 163 Å². The van der Waals surface area contributed by atoms with E-state index < -0.39 is 4.65 Å². The van der Waals surface area contributed by atoms with E-state index in [4.69, 9.17) is 16.3 Å². The van der Waals surface area contributed by atoms with E-state index in [2.05, 4.69) is 20.4 Å². The minimum absolute atomic E-state index is 0.217. The summed E-state index contributed by atoms with van der Waals surface area (Å²) in [5.74, 6) is 1.02. The number of ether oxygens (including phenoxy) is 1. The third kappa shape index (κ3) is 3.92. The summed E-state index contributed by atoms with van der Waals surface area (Å²) in [7, 11) is 0. The average Bonchev–Trinajstić information content (AvgIpc) is 3.41. The van der Waals surface area contributed by atoms with E-state index in [1.54, 1.807) is 0 Å². The van der Waals surface area contributed by atoms with Gasteiger partial charge in [0, 0.05) is 31.5 Å². The number of alkyl halides is 1. The number of quaternary nitrogens is 1. The molecule has 3 aliphatic rings. The summed E-state index contributed by atoms with van der Waals surface area (Å²) in [4.78, 5) is 2.13. The molecule has 3 atom stereocenters. The summed E-state index contributed by atoms with van der Waals surface area (Å²) in [6.45, 7) is 3.33. The lowest BCUT2D eigenvalue weighted by atomic mass is 10.1. The Morgan fingerprint density at radius 1 is 1.27 bits per heavy atom. The van der Waals surface area contributed by atoms with Crippen LogP contribution < -0.4 is 9.96 Å². The molecule has 0 amide bonds. The monoisotopic (exact) mass is 401 g/mol. The Morgan fingerprint density at radius 3 is 2.85 bits per heavy atom. The molecular formula is C17H28ClN5O2S. The fraction of sp³-hybridized carbons (Fsp3) is 0.882. The van der Waals surface area contributed by atoms with E-state index in [9.17, 15) is 5.21 Å². The molecule has 1 aromatic heterocycles. The number of nitrogens with one attached hydrogen (secondary N) is 1. The van der Waals surface area contributed by atoms with Gasteiger partial charge in [-0.15, -0.1) is 16.7 Å². The molecule has 1 saturated carbocycles. The molecule has 3 fully saturated rings. The second-order valence-electron chi connectivity index (χ2n) is 7.67. The SMILES string of the molecule is [O-][N+]1(c2nnc(C3CCCC3)s2)CN(CCCl)CC1NCC1CCCO1. The maximum atomic E-state index is 13.8. The molecule has 2 saturated heterocycles. The molecule has 0 aromatic carbocycles. The molecule has 3 unspecified atom stereocenters. The van der Waals surface area contributed by atoms with E-state index in [0.29, 0.717) is 30.1 Å². The van der Waals surface area contributed by atoms with Gasteiger partial charge in [0.2, 0.25) is 0 Å². The van der Waals surface area contributed by atoms with Gasteiger partial charge in [0.05, 0.1) is 12.6 Å². The molecule has 26 heavy (non-hydrogen) atoms. The van der Waals surface area contributed by atoms with Crippen molar-refractivity contribution >= 4 is 28.1 Å². The van der Waals surface area contributed by atoms with Crippen LogP contribution in [-0.2, 0) is 4.74 Å². The topological polar surface area (TPSA) is 73.3 Å². The Bertz CT molecular complexity index is 593. The summed E-state index contributed by atoms with van der Waals surface area (Å²) >= 11 is 7.44. The van der Waals surface area contributed by atoms with Gasteiger partial charge in [0.1, 0.15) is 11.7 Å². The number of nitrogens with zero attached hydrogens (tertiary/aromatic N) is 4. The fourth-order valence-corrected chi connectivity index (χ4v) is 5.64. The van der Waals surface area contributed by atoms with E-state index >= 15 is 0 Å². The molecule has 1 aliphatic carbocycles. The lowest BCUT2D eigenvalue weighted by molar-refractivity contribution is 0.103. The van der Waals surface area contributed by atoms with Crippen LogP contribution in [0.5, 0.6) is 0 Å². The standard InChI is InChI=1S/C17H28ClN5O2S/c18-7-8-22-11-15(19-10-14-6-3-9-25-14)23(24,12-22)17-21-20-16(26-17)13-4-1-2-5-13/h13-15,19H,1-12H2. The first kappa shape index (κ1) is 19.0. The predicted molar refractivity (Wildman–Crippen MR) is 104 cm³/mol. The molecule has 4 rings (SSSR count). The molecule has 7 nitrogen and oxygen atoms in total. The summed E-state index contributed by atoms with van der Waals surface area (Å²) in [6.07, 6.45) is 7.00. The highest BCUT2D eigenvalue weighted by Crippen LogP contribution is 2.40. The second kappa shape index (κ2) is 8.34. The van der Waals surface area contributed by atoms with Crippen LogP contribution >= 0.6 is 22.9 Å². The van der Waals surface area contributed by atoms with Crippen molar-refractivity contribution in [3.63, 3.8) is 0 Å².